The van der Waals surface area contributed by atoms with E-state index in [1.807, 2.05) is 6.92 Å². The zero-order chi connectivity index (χ0) is 26.6. The van der Waals surface area contributed by atoms with Gasteiger partial charge in [0.25, 0.3) is 0 Å². The molecule has 0 bridgehead atoms. The molecule has 1 fully saturated rings. The molecule has 1 aliphatic heterocycles. The summed E-state index contributed by atoms with van der Waals surface area (Å²) in [6.07, 6.45) is -12.1. The lowest BCUT2D eigenvalue weighted by Crippen LogP contribution is -2.43. The largest absolute Gasteiger partial charge is 0.481 e. The van der Waals surface area contributed by atoms with Crippen molar-refractivity contribution in [1.82, 2.24) is 0 Å². The van der Waals surface area contributed by atoms with Gasteiger partial charge in [-0.1, -0.05) is 50.4 Å². The Balaban J connectivity index is 3.44. The van der Waals surface area contributed by atoms with E-state index in [1.165, 1.54) is 0 Å². The molecule has 0 radical (unpaired) electrons. The molecule has 0 saturated carbocycles. The second-order valence-electron chi connectivity index (χ2n) is 5.93. The van der Waals surface area contributed by atoms with Crippen LogP contribution in [0.5, 0.6) is 0 Å². The number of unbranched alkanes of at least 4 members (excludes halogenated alkanes) is 2. The predicted octanol–water partition coefficient (Wildman–Crippen LogP) is 2.77. The minimum atomic E-state index is -3.07. The molecule has 6 heteroatoms. The van der Waals surface area contributed by atoms with Crippen LogP contribution in [0.25, 0.3) is 0 Å². The number of hydrogen-bond acceptors (Lipinski definition) is 5. The average molecular weight is 387 g/mol. The van der Waals surface area contributed by atoms with E-state index >= 15 is 0 Å². The molecule has 1 aliphatic rings. The maximum Gasteiger partial charge on any atom is 0.303 e. The molecule has 0 amide bonds. The highest BCUT2D eigenvalue weighted by atomic mass is 16.6. The molecule has 1 saturated heterocycles. The Morgan fingerprint density at radius 1 is 1.38 bits per heavy atom. The second-order valence-corrected chi connectivity index (χ2v) is 5.93. The summed E-state index contributed by atoms with van der Waals surface area (Å²) in [6.45, 7) is 1.89. The first-order valence-electron chi connectivity index (χ1n) is 12.8. The minimum Gasteiger partial charge on any atom is -0.481 e. The van der Waals surface area contributed by atoms with Gasteiger partial charge in [-0.25, -0.2) is 0 Å². The number of aliphatic hydroxyl groups is 3. The van der Waals surface area contributed by atoms with E-state index in [0.717, 1.165) is 6.42 Å². The Morgan fingerprint density at radius 3 is 2.85 bits per heavy atom. The topological polar surface area (TPSA) is 107 Å². The van der Waals surface area contributed by atoms with Crippen LogP contribution in [0.3, 0.4) is 0 Å². The fraction of sp³-hybridized carbons (Fsp3) is 0.750. The summed E-state index contributed by atoms with van der Waals surface area (Å²) in [7, 11) is 0. The molecule has 1 rings (SSSR count). The molecule has 0 aromatic carbocycles. The van der Waals surface area contributed by atoms with Crippen molar-refractivity contribution in [3.05, 3.63) is 24.2 Å². The summed E-state index contributed by atoms with van der Waals surface area (Å²) in [4.78, 5) is 10.7. The number of carboxylic acids is 1. The molecule has 0 aromatic heterocycles. The zero-order valence-electron chi connectivity index (χ0n) is 23.0. The molecular weight excluding hydrogens is 336 g/mol. The molecule has 6 nitrogen and oxygen atoms in total. The van der Waals surface area contributed by atoms with Gasteiger partial charge in [0.05, 0.1) is 27.8 Å². The number of ether oxygens (including phenoxy) is 1. The van der Waals surface area contributed by atoms with Crippen molar-refractivity contribution in [1.29, 1.82) is 0 Å². The third-order valence-electron chi connectivity index (χ3n) is 3.66. The third-order valence-corrected chi connectivity index (χ3v) is 3.66. The van der Waals surface area contributed by atoms with Gasteiger partial charge < -0.3 is 25.2 Å². The van der Waals surface area contributed by atoms with Crippen LogP contribution in [0.1, 0.15) is 75.7 Å². The maximum absolute atomic E-state index is 10.7. The Morgan fingerprint density at radius 2 is 2.15 bits per heavy atom. The Kier molecular flexibility index (Phi) is 6.54. The van der Waals surface area contributed by atoms with Crippen molar-refractivity contribution >= 4 is 5.97 Å². The number of rotatable bonds is 12. The summed E-state index contributed by atoms with van der Waals surface area (Å²) in [5, 5.41) is 39.9. The van der Waals surface area contributed by atoms with Gasteiger partial charge in [-0.15, -0.1) is 0 Å². The summed E-state index contributed by atoms with van der Waals surface area (Å²) in [5.74, 6) is -3.97. The molecule has 150 valence electrons. The van der Waals surface area contributed by atoms with Crippen LogP contribution in [0.4, 0.5) is 0 Å². The van der Waals surface area contributed by atoms with Crippen LogP contribution >= 0.6 is 0 Å². The molecule has 0 aromatic rings. The molecule has 26 heavy (non-hydrogen) atoms. The van der Waals surface area contributed by atoms with E-state index in [4.69, 9.17) is 20.8 Å². The molecule has 1 unspecified atom stereocenters. The lowest BCUT2D eigenvalue weighted by molar-refractivity contribution is -0.199. The molecular formula is C20H34O6. The first kappa shape index (κ1) is 13.0. The van der Waals surface area contributed by atoms with Gasteiger partial charge in [-0.3, -0.25) is 4.79 Å². The van der Waals surface area contributed by atoms with E-state index in [1.54, 1.807) is 0 Å². The zero-order valence-corrected chi connectivity index (χ0v) is 15.0. The first-order chi connectivity index (χ1) is 15.3. The second kappa shape index (κ2) is 13.0. The van der Waals surface area contributed by atoms with Crippen LogP contribution < -0.4 is 0 Å². The van der Waals surface area contributed by atoms with Crippen molar-refractivity contribution < 1.29 is 40.9 Å². The van der Waals surface area contributed by atoms with E-state index < -0.39 is 67.4 Å². The van der Waals surface area contributed by atoms with Gasteiger partial charge in [-0.05, 0) is 25.7 Å². The van der Waals surface area contributed by atoms with Crippen molar-refractivity contribution in [2.75, 3.05) is 0 Å². The van der Waals surface area contributed by atoms with Gasteiger partial charge in [0.2, 0.25) is 0 Å². The van der Waals surface area contributed by atoms with Gasteiger partial charge >= 0.3 is 5.97 Å². The van der Waals surface area contributed by atoms with Crippen molar-refractivity contribution in [3.63, 3.8) is 0 Å². The third kappa shape index (κ3) is 9.48. The van der Waals surface area contributed by atoms with Crippen LogP contribution in [-0.4, -0.2) is 50.9 Å². The molecule has 0 aliphatic carbocycles. The Hall–Kier alpha value is -1.21. The highest BCUT2D eigenvalue weighted by Gasteiger charge is 2.35. The van der Waals surface area contributed by atoms with Crippen LogP contribution in [0.15, 0.2) is 24.2 Å². The number of aliphatic carboxylic acids is 1. The standard InChI is InChI=1S/C20H34O6/c1-2-3-6-9-15(21)12-13-18-16(17(22)14-20(25)26-18)10-7-4-5-8-11-19(23)24/h4,7,12-13,15-18,20-22,25H,2-3,5-6,8-11,14H2,1H3,(H,23,24)/b7-4-,13-12+/t15-,16-,17-,18+,20?/m0/s1/i4T,7T,12T,15T,16T,17T,18T,20T. The summed E-state index contributed by atoms with van der Waals surface area (Å²) in [6, 6.07) is -1.91. The number of carbonyl (C=O) groups is 1. The van der Waals surface area contributed by atoms with Crippen LogP contribution in [-0.2, 0) is 9.53 Å². The maximum atomic E-state index is 10.7. The van der Waals surface area contributed by atoms with Gasteiger partial charge in [-0.2, -0.15) is 0 Å². The average Bonchev–Trinajstić information content (AvgIpc) is 2.64. The predicted molar refractivity (Wildman–Crippen MR) is 99.5 cm³/mol. The monoisotopic (exact) mass is 386 g/mol. The Bertz CT molecular complexity index is 800. The summed E-state index contributed by atoms with van der Waals surface area (Å²) < 4.78 is 70.5. The summed E-state index contributed by atoms with van der Waals surface area (Å²) in [5.41, 5.74) is 0. The normalized spacial score (nSPS) is 46.1. The van der Waals surface area contributed by atoms with E-state index in [0.29, 0.717) is 18.9 Å². The molecule has 4 N–H and O–H groups in total. The molecule has 1 heterocycles. The van der Waals surface area contributed by atoms with Crippen molar-refractivity contribution in [2.45, 2.75) is 89.2 Å². The first-order valence-corrected chi connectivity index (χ1v) is 8.77. The van der Waals surface area contributed by atoms with Crippen LogP contribution in [0, 0.1) is 5.89 Å². The lowest BCUT2D eigenvalue weighted by atomic mass is 9.87. The van der Waals surface area contributed by atoms with Crippen molar-refractivity contribution in [2.24, 2.45) is 5.89 Å². The fourth-order valence-electron chi connectivity index (χ4n) is 2.25. The minimum absolute atomic E-state index is 0.0160. The lowest BCUT2D eigenvalue weighted by Gasteiger charge is -2.36. The number of hydrogen-bond donors (Lipinski definition) is 4. The van der Waals surface area contributed by atoms with E-state index in [2.05, 4.69) is 0 Å². The highest BCUT2D eigenvalue weighted by molar-refractivity contribution is 5.66. The smallest absolute Gasteiger partial charge is 0.303 e. The number of allylic oxidation sites excluding steroid dienone is 2. The highest BCUT2D eigenvalue weighted by Crippen LogP contribution is 2.29. The van der Waals surface area contributed by atoms with Crippen LogP contribution in [0.2, 0.25) is 0 Å². The Labute approximate surface area is 167 Å². The van der Waals surface area contributed by atoms with E-state index in [-0.39, 0.29) is 25.7 Å². The van der Waals surface area contributed by atoms with Gasteiger partial charge in [0.1, 0.15) is 0 Å². The van der Waals surface area contributed by atoms with Gasteiger partial charge in [0, 0.05) is 20.1 Å². The molecule has 0 spiro atoms. The van der Waals surface area contributed by atoms with Crippen molar-refractivity contribution in [3.8, 4) is 0 Å². The summed E-state index contributed by atoms with van der Waals surface area (Å²) >= 11 is 0. The quantitative estimate of drug-likeness (QED) is 0.303. The van der Waals surface area contributed by atoms with E-state index in [9.17, 15) is 20.1 Å². The number of carboxylic acid groups (broad SMARTS) is 1. The van der Waals surface area contributed by atoms with Gasteiger partial charge in [0.15, 0.2) is 6.27 Å². The fourth-order valence-corrected chi connectivity index (χ4v) is 2.25. The molecule has 5 atom stereocenters. The SMILES string of the molecule is [3H]/C(CCCC(=O)O)=C(\[3H])C[C@@]1([3H])[C@@]([3H])(O)CC([3H])(O)O[C@]1([3H])/C=C(\[3H])[C@@]([3H])(O)CCCCC.